The quantitative estimate of drug-likeness (QED) is 0.404. The summed E-state index contributed by atoms with van der Waals surface area (Å²) in [4.78, 5) is 26.6. The summed E-state index contributed by atoms with van der Waals surface area (Å²) in [5.41, 5.74) is 6.02. The number of anilines is 1. The van der Waals surface area contributed by atoms with Crippen LogP contribution in [0, 0.1) is 0 Å². The maximum Gasteiger partial charge on any atom is 0.269 e. The molecule has 1 aliphatic heterocycles. The lowest BCUT2D eigenvalue weighted by molar-refractivity contribution is -0.119. The monoisotopic (exact) mass is 490 g/mol. The molecule has 0 bridgehead atoms. The van der Waals surface area contributed by atoms with E-state index in [1.54, 1.807) is 30.3 Å². The standard InChI is InChI=1S/C21H20Cl2N6O2S/c22-15-8-6-14(7-9-15)19(31)25-24-18(30)13-32-21-27-26-20(28-10-1-2-11-28)29(21)17-5-3-4-16(23)12-17/h3-9,12H,1-2,10-11,13H2,(H,24,30)(H,25,31). The lowest BCUT2D eigenvalue weighted by Gasteiger charge is -2.18. The Morgan fingerprint density at radius 2 is 1.72 bits per heavy atom. The minimum Gasteiger partial charge on any atom is -0.341 e. The van der Waals surface area contributed by atoms with E-state index in [-0.39, 0.29) is 11.7 Å². The highest BCUT2D eigenvalue weighted by Crippen LogP contribution is 2.29. The Labute approximate surface area is 199 Å². The summed E-state index contributed by atoms with van der Waals surface area (Å²) < 4.78 is 1.90. The fourth-order valence-electron chi connectivity index (χ4n) is 3.28. The lowest BCUT2D eigenvalue weighted by Crippen LogP contribution is -2.42. The zero-order valence-electron chi connectivity index (χ0n) is 16.9. The van der Waals surface area contributed by atoms with Crippen LogP contribution in [0.15, 0.2) is 53.7 Å². The van der Waals surface area contributed by atoms with Crippen molar-refractivity contribution in [2.45, 2.75) is 18.0 Å². The molecule has 3 aromatic rings. The number of carbonyl (C=O) groups is 2. The average molecular weight is 491 g/mol. The van der Waals surface area contributed by atoms with Gasteiger partial charge in [-0.05, 0) is 55.3 Å². The SMILES string of the molecule is O=C(CSc1nnc(N2CCCC2)n1-c1cccc(Cl)c1)NNC(=O)c1ccc(Cl)cc1. The van der Waals surface area contributed by atoms with Crippen LogP contribution in [-0.2, 0) is 4.79 Å². The van der Waals surface area contributed by atoms with Crippen LogP contribution >= 0.6 is 35.0 Å². The number of carbonyl (C=O) groups excluding carboxylic acids is 2. The number of rotatable bonds is 6. The summed E-state index contributed by atoms with van der Waals surface area (Å²) in [7, 11) is 0. The van der Waals surface area contributed by atoms with Crippen molar-refractivity contribution < 1.29 is 9.59 Å². The van der Waals surface area contributed by atoms with Gasteiger partial charge >= 0.3 is 0 Å². The second kappa shape index (κ2) is 10.2. The van der Waals surface area contributed by atoms with Gasteiger partial charge in [0.25, 0.3) is 5.91 Å². The molecule has 1 fully saturated rings. The van der Waals surface area contributed by atoms with E-state index < -0.39 is 5.91 Å². The largest absolute Gasteiger partial charge is 0.341 e. The molecular formula is C21H20Cl2N6O2S. The highest BCUT2D eigenvalue weighted by atomic mass is 35.5. The molecule has 2 amide bonds. The number of nitrogens with one attached hydrogen (secondary N) is 2. The van der Waals surface area contributed by atoms with Crippen molar-refractivity contribution >= 4 is 52.7 Å². The maximum atomic E-state index is 12.3. The number of hydrogen-bond donors (Lipinski definition) is 2. The molecule has 0 radical (unpaired) electrons. The first-order valence-corrected chi connectivity index (χ1v) is 11.7. The number of thioether (sulfide) groups is 1. The summed E-state index contributed by atoms with van der Waals surface area (Å²) in [6.45, 7) is 1.81. The number of amides is 2. The summed E-state index contributed by atoms with van der Waals surface area (Å²) in [6.07, 6.45) is 2.20. The van der Waals surface area contributed by atoms with E-state index in [1.165, 1.54) is 11.8 Å². The Kier molecular flexibility index (Phi) is 7.19. The number of halogens is 2. The van der Waals surface area contributed by atoms with E-state index >= 15 is 0 Å². The summed E-state index contributed by atoms with van der Waals surface area (Å²) in [5.74, 6) is -0.0394. The third-order valence-electron chi connectivity index (χ3n) is 4.83. The predicted molar refractivity (Wildman–Crippen MR) is 126 cm³/mol. The zero-order chi connectivity index (χ0) is 22.5. The van der Waals surface area contributed by atoms with Gasteiger partial charge in [-0.3, -0.25) is 25.0 Å². The van der Waals surface area contributed by atoms with Crippen molar-refractivity contribution in [1.29, 1.82) is 0 Å². The smallest absolute Gasteiger partial charge is 0.269 e. The third-order valence-corrected chi connectivity index (χ3v) is 6.24. The molecule has 0 spiro atoms. The van der Waals surface area contributed by atoms with Crippen LogP contribution in [0.2, 0.25) is 10.0 Å². The fourth-order valence-corrected chi connectivity index (χ4v) is 4.34. The van der Waals surface area contributed by atoms with Crippen molar-refractivity contribution in [3.05, 3.63) is 64.1 Å². The summed E-state index contributed by atoms with van der Waals surface area (Å²) >= 11 is 13.2. The van der Waals surface area contributed by atoms with Gasteiger partial charge in [-0.25, -0.2) is 0 Å². The molecule has 8 nitrogen and oxygen atoms in total. The van der Waals surface area contributed by atoms with Crippen LogP contribution in [0.1, 0.15) is 23.2 Å². The number of nitrogens with zero attached hydrogens (tertiary/aromatic N) is 4. The molecule has 0 saturated carbocycles. The normalized spacial score (nSPS) is 13.2. The molecule has 32 heavy (non-hydrogen) atoms. The summed E-state index contributed by atoms with van der Waals surface area (Å²) in [5, 5.41) is 10.4. The van der Waals surface area contributed by atoms with E-state index in [2.05, 4.69) is 25.9 Å². The number of hydrazine groups is 1. The molecule has 11 heteroatoms. The minimum absolute atomic E-state index is 0.0413. The van der Waals surface area contributed by atoms with E-state index in [9.17, 15) is 9.59 Å². The highest BCUT2D eigenvalue weighted by Gasteiger charge is 2.23. The molecule has 2 aromatic carbocycles. The van der Waals surface area contributed by atoms with Crippen molar-refractivity contribution in [2.75, 3.05) is 23.7 Å². The Hall–Kier alpha value is -2.75. The second-order valence-corrected chi connectivity index (χ2v) is 8.91. The number of hydrogen-bond acceptors (Lipinski definition) is 6. The fraction of sp³-hybridized carbons (Fsp3) is 0.238. The molecule has 166 valence electrons. The first-order chi connectivity index (χ1) is 15.5. The first kappa shape index (κ1) is 22.4. The van der Waals surface area contributed by atoms with Gasteiger partial charge in [-0.1, -0.05) is 41.0 Å². The molecule has 4 rings (SSSR count). The molecule has 2 heterocycles. The van der Waals surface area contributed by atoms with Gasteiger partial charge in [0.2, 0.25) is 11.9 Å². The molecule has 1 aliphatic rings. The van der Waals surface area contributed by atoms with Gasteiger partial charge < -0.3 is 4.90 Å². The predicted octanol–water partition coefficient (Wildman–Crippen LogP) is 3.73. The van der Waals surface area contributed by atoms with E-state index in [4.69, 9.17) is 23.2 Å². The highest BCUT2D eigenvalue weighted by molar-refractivity contribution is 7.99. The van der Waals surface area contributed by atoms with Crippen LogP contribution in [0.5, 0.6) is 0 Å². The van der Waals surface area contributed by atoms with E-state index in [0.717, 1.165) is 37.6 Å². The van der Waals surface area contributed by atoms with Gasteiger partial charge in [0.15, 0.2) is 5.16 Å². The Morgan fingerprint density at radius 3 is 2.44 bits per heavy atom. The van der Waals surface area contributed by atoms with Gasteiger partial charge in [-0.15, -0.1) is 10.2 Å². The topological polar surface area (TPSA) is 92.2 Å². The zero-order valence-corrected chi connectivity index (χ0v) is 19.3. The van der Waals surface area contributed by atoms with E-state index in [1.807, 2.05) is 22.8 Å². The van der Waals surface area contributed by atoms with Crippen LogP contribution in [0.4, 0.5) is 5.95 Å². The summed E-state index contributed by atoms with van der Waals surface area (Å²) in [6, 6.07) is 13.8. The lowest BCUT2D eigenvalue weighted by atomic mass is 10.2. The molecular weight excluding hydrogens is 471 g/mol. The molecule has 1 saturated heterocycles. The molecule has 0 atom stereocenters. The third kappa shape index (κ3) is 5.35. The van der Waals surface area contributed by atoms with Gasteiger partial charge in [-0.2, -0.15) is 0 Å². The molecule has 1 aromatic heterocycles. The van der Waals surface area contributed by atoms with Crippen molar-refractivity contribution in [2.24, 2.45) is 0 Å². The second-order valence-electron chi connectivity index (χ2n) is 7.09. The van der Waals surface area contributed by atoms with Gasteiger partial charge in [0.05, 0.1) is 11.4 Å². The van der Waals surface area contributed by atoms with Crippen LogP contribution in [0.3, 0.4) is 0 Å². The molecule has 2 N–H and O–H groups in total. The Morgan fingerprint density at radius 1 is 0.969 bits per heavy atom. The first-order valence-electron chi connectivity index (χ1n) is 9.95. The average Bonchev–Trinajstić information content (AvgIpc) is 3.46. The van der Waals surface area contributed by atoms with Crippen molar-refractivity contribution in [3.63, 3.8) is 0 Å². The van der Waals surface area contributed by atoms with Crippen molar-refractivity contribution in [3.8, 4) is 5.69 Å². The van der Waals surface area contributed by atoms with Gasteiger partial charge in [0.1, 0.15) is 0 Å². The molecule has 0 aliphatic carbocycles. The van der Waals surface area contributed by atoms with Crippen LogP contribution in [0.25, 0.3) is 5.69 Å². The van der Waals surface area contributed by atoms with E-state index in [0.29, 0.717) is 20.8 Å². The number of benzene rings is 2. The molecule has 0 unspecified atom stereocenters. The van der Waals surface area contributed by atoms with Crippen LogP contribution in [-0.4, -0.2) is 45.4 Å². The minimum atomic E-state index is -0.432. The maximum absolute atomic E-state index is 12.3. The Bertz CT molecular complexity index is 1120. The van der Waals surface area contributed by atoms with Gasteiger partial charge in [0, 0.05) is 28.7 Å². The van der Waals surface area contributed by atoms with Crippen molar-refractivity contribution in [1.82, 2.24) is 25.6 Å². The van der Waals surface area contributed by atoms with Crippen LogP contribution < -0.4 is 15.8 Å². The number of aromatic nitrogens is 3. The Balaban J connectivity index is 1.43.